The van der Waals surface area contributed by atoms with E-state index in [0.717, 1.165) is 19.5 Å². The summed E-state index contributed by atoms with van der Waals surface area (Å²) in [7, 11) is 0. The highest BCUT2D eigenvalue weighted by molar-refractivity contribution is 5.95. The van der Waals surface area contributed by atoms with E-state index >= 15 is 0 Å². The average molecular weight is 331 g/mol. The largest absolute Gasteiger partial charge is 0.324 e. The summed E-state index contributed by atoms with van der Waals surface area (Å²) >= 11 is 0. The van der Waals surface area contributed by atoms with E-state index in [1.807, 2.05) is 31.2 Å². The van der Waals surface area contributed by atoms with Crippen LogP contribution in [0.2, 0.25) is 0 Å². The lowest BCUT2D eigenvalue weighted by atomic mass is 9.99. The maximum atomic E-state index is 12.5. The third-order valence-corrected chi connectivity index (χ3v) is 4.62. The fourth-order valence-electron chi connectivity index (χ4n) is 3.04. The van der Waals surface area contributed by atoms with Crippen LogP contribution in [0.5, 0.6) is 0 Å². The Balaban J connectivity index is 1.64. The van der Waals surface area contributed by atoms with Crippen LogP contribution in [0.3, 0.4) is 0 Å². The molecule has 0 fully saturated rings. The van der Waals surface area contributed by atoms with E-state index in [0.29, 0.717) is 11.3 Å². The van der Waals surface area contributed by atoms with Gasteiger partial charge in [0.2, 0.25) is 5.91 Å². The van der Waals surface area contributed by atoms with Gasteiger partial charge in [0, 0.05) is 13.1 Å². The van der Waals surface area contributed by atoms with E-state index in [9.17, 15) is 4.79 Å². The summed E-state index contributed by atoms with van der Waals surface area (Å²) in [6.07, 6.45) is 3.13. The molecule has 0 aromatic heterocycles. The Morgan fingerprint density at radius 2 is 1.88 bits per heavy atom. The summed E-state index contributed by atoms with van der Waals surface area (Å²) in [5.74, 6) is -0.0840. The lowest BCUT2D eigenvalue weighted by molar-refractivity contribution is -0.120. The number of benzene rings is 2. The molecular formula is C21H21N3O. The van der Waals surface area contributed by atoms with Crippen molar-refractivity contribution in [2.45, 2.75) is 19.4 Å². The minimum atomic E-state index is -0.250. The predicted molar refractivity (Wildman–Crippen MR) is 99.9 cm³/mol. The lowest BCUT2D eigenvalue weighted by Gasteiger charge is -2.31. The Morgan fingerprint density at radius 3 is 2.56 bits per heavy atom. The van der Waals surface area contributed by atoms with Crippen molar-refractivity contribution in [3.8, 4) is 6.07 Å². The smallest absolute Gasteiger partial charge is 0.241 e. The van der Waals surface area contributed by atoms with Crippen LogP contribution < -0.4 is 5.32 Å². The fraction of sp³-hybridized carbons (Fsp3) is 0.238. The molecule has 4 nitrogen and oxygen atoms in total. The number of carbonyl (C=O) groups is 1. The highest BCUT2D eigenvalue weighted by atomic mass is 16.2. The lowest BCUT2D eigenvalue weighted by Crippen LogP contribution is -2.44. The summed E-state index contributed by atoms with van der Waals surface area (Å²) in [6, 6.07) is 19.3. The number of nitriles is 1. The number of nitrogens with zero attached hydrogens (tertiary/aromatic N) is 2. The first-order valence-corrected chi connectivity index (χ1v) is 8.47. The molecule has 1 aliphatic rings. The zero-order valence-corrected chi connectivity index (χ0v) is 14.3. The van der Waals surface area contributed by atoms with Gasteiger partial charge in [0.15, 0.2) is 0 Å². The molecule has 3 rings (SSSR count). The van der Waals surface area contributed by atoms with Crippen molar-refractivity contribution in [1.29, 1.82) is 5.26 Å². The van der Waals surface area contributed by atoms with Gasteiger partial charge in [-0.25, -0.2) is 0 Å². The minimum Gasteiger partial charge on any atom is -0.324 e. The van der Waals surface area contributed by atoms with Crippen LogP contribution in [0.1, 0.15) is 24.5 Å². The van der Waals surface area contributed by atoms with Crippen LogP contribution in [-0.4, -0.2) is 29.9 Å². The maximum absolute atomic E-state index is 12.5. The molecular weight excluding hydrogens is 310 g/mol. The van der Waals surface area contributed by atoms with Crippen molar-refractivity contribution in [2.24, 2.45) is 0 Å². The summed E-state index contributed by atoms with van der Waals surface area (Å²) < 4.78 is 0. The molecule has 0 bridgehead atoms. The molecule has 2 aromatic carbocycles. The molecule has 0 spiro atoms. The van der Waals surface area contributed by atoms with Crippen molar-refractivity contribution < 1.29 is 4.79 Å². The summed E-state index contributed by atoms with van der Waals surface area (Å²) in [6.45, 7) is 3.50. The van der Waals surface area contributed by atoms with Crippen LogP contribution in [0, 0.1) is 11.3 Å². The summed E-state index contributed by atoms with van der Waals surface area (Å²) in [5.41, 5.74) is 3.63. The summed E-state index contributed by atoms with van der Waals surface area (Å²) in [4.78, 5) is 14.7. The van der Waals surface area contributed by atoms with Gasteiger partial charge in [-0.3, -0.25) is 9.69 Å². The first-order valence-electron chi connectivity index (χ1n) is 8.47. The molecule has 4 heteroatoms. The molecule has 0 saturated carbocycles. The van der Waals surface area contributed by atoms with Crippen LogP contribution in [0.4, 0.5) is 5.69 Å². The maximum Gasteiger partial charge on any atom is 0.241 e. The molecule has 1 N–H and O–H groups in total. The molecule has 1 atom stereocenters. The third kappa shape index (κ3) is 3.96. The number of hydrogen-bond donors (Lipinski definition) is 1. The number of amides is 1. The quantitative estimate of drug-likeness (QED) is 0.930. The standard InChI is InChI=1S/C21H21N3O/c1-16(21(25)23-20-10-6-5-9-19(20)15-22)24-13-11-18(12-14-24)17-7-3-2-4-8-17/h2-11,16H,12-14H2,1H3,(H,23,25)/t16-/m1/s1. The number of rotatable bonds is 4. The second kappa shape index (κ2) is 7.78. The average Bonchev–Trinajstić information content (AvgIpc) is 2.68. The van der Waals surface area contributed by atoms with E-state index in [-0.39, 0.29) is 11.9 Å². The van der Waals surface area contributed by atoms with Gasteiger partial charge < -0.3 is 5.32 Å². The van der Waals surface area contributed by atoms with Gasteiger partial charge in [-0.2, -0.15) is 5.26 Å². The Bertz CT molecular complexity index is 821. The Labute approximate surface area is 148 Å². The van der Waals surface area contributed by atoms with Gasteiger partial charge >= 0.3 is 0 Å². The highest BCUT2D eigenvalue weighted by Gasteiger charge is 2.23. The second-order valence-electron chi connectivity index (χ2n) is 6.16. The fourth-order valence-corrected chi connectivity index (χ4v) is 3.04. The number of hydrogen-bond acceptors (Lipinski definition) is 3. The van der Waals surface area contributed by atoms with Crippen LogP contribution in [-0.2, 0) is 4.79 Å². The molecule has 1 aliphatic heterocycles. The number of nitrogens with one attached hydrogen (secondary N) is 1. The summed E-state index contributed by atoms with van der Waals surface area (Å²) in [5, 5.41) is 12.0. The highest BCUT2D eigenvalue weighted by Crippen LogP contribution is 2.23. The van der Waals surface area contributed by atoms with E-state index in [2.05, 4.69) is 34.5 Å². The molecule has 1 amide bonds. The Hall–Kier alpha value is -2.90. The SMILES string of the molecule is C[C@H](C(=O)Nc1ccccc1C#N)N1CC=C(c2ccccc2)CC1. The predicted octanol–water partition coefficient (Wildman–Crippen LogP) is 3.67. The topological polar surface area (TPSA) is 56.1 Å². The molecule has 1 heterocycles. The molecule has 0 aliphatic carbocycles. The molecule has 25 heavy (non-hydrogen) atoms. The molecule has 126 valence electrons. The Morgan fingerprint density at radius 1 is 1.16 bits per heavy atom. The molecule has 0 unspecified atom stereocenters. The van der Waals surface area contributed by atoms with Crippen molar-refractivity contribution >= 4 is 17.2 Å². The van der Waals surface area contributed by atoms with Crippen molar-refractivity contribution in [3.63, 3.8) is 0 Å². The second-order valence-corrected chi connectivity index (χ2v) is 6.16. The third-order valence-electron chi connectivity index (χ3n) is 4.62. The monoisotopic (exact) mass is 331 g/mol. The van der Waals surface area contributed by atoms with E-state index in [1.54, 1.807) is 18.2 Å². The number of para-hydroxylation sites is 1. The van der Waals surface area contributed by atoms with E-state index < -0.39 is 0 Å². The van der Waals surface area contributed by atoms with Crippen LogP contribution >= 0.6 is 0 Å². The van der Waals surface area contributed by atoms with Gasteiger partial charge in [0.1, 0.15) is 6.07 Å². The minimum absolute atomic E-state index is 0.0840. The van der Waals surface area contributed by atoms with Crippen molar-refractivity contribution in [2.75, 3.05) is 18.4 Å². The van der Waals surface area contributed by atoms with Crippen LogP contribution in [0.15, 0.2) is 60.7 Å². The Kier molecular flexibility index (Phi) is 5.27. The van der Waals surface area contributed by atoms with Crippen LogP contribution in [0.25, 0.3) is 5.57 Å². The first-order chi connectivity index (χ1) is 12.2. The van der Waals surface area contributed by atoms with Gasteiger partial charge in [0.25, 0.3) is 0 Å². The van der Waals surface area contributed by atoms with Gasteiger partial charge in [-0.15, -0.1) is 0 Å². The van der Waals surface area contributed by atoms with E-state index in [4.69, 9.17) is 5.26 Å². The number of anilines is 1. The molecule has 0 radical (unpaired) electrons. The van der Waals surface area contributed by atoms with Gasteiger partial charge in [0.05, 0.1) is 17.3 Å². The van der Waals surface area contributed by atoms with Gasteiger partial charge in [-0.1, -0.05) is 48.5 Å². The normalized spacial score (nSPS) is 15.8. The van der Waals surface area contributed by atoms with Crippen molar-refractivity contribution in [3.05, 3.63) is 71.8 Å². The van der Waals surface area contributed by atoms with Crippen molar-refractivity contribution in [1.82, 2.24) is 4.90 Å². The first kappa shape index (κ1) is 16.9. The van der Waals surface area contributed by atoms with E-state index in [1.165, 1.54) is 11.1 Å². The van der Waals surface area contributed by atoms with Gasteiger partial charge in [-0.05, 0) is 36.6 Å². The molecule has 2 aromatic rings. The zero-order chi connectivity index (χ0) is 17.6. The zero-order valence-electron chi connectivity index (χ0n) is 14.3. The molecule has 0 saturated heterocycles. The number of carbonyl (C=O) groups excluding carboxylic acids is 1.